The van der Waals surface area contributed by atoms with Crippen LogP contribution in [0.3, 0.4) is 0 Å². The van der Waals surface area contributed by atoms with Crippen LogP contribution in [0.1, 0.15) is 38.4 Å². The van der Waals surface area contributed by atoms with Gasteiger partial charge in [0.15, 0.2) is 0 Å². The second-order valence-corrected chi connectivity index (χ2v) is 15.4. The molecule has 0 unspecified atom stereocenters. The lowest BCUT2D eigenvalue weighted by Gasteiger charge is -2.43. The molecule has 0 atom stereocenters. The van der Waals surface area contributed by atoms with Gasteiger partial charge in [0.2, 0.25) is 0 Å². The Hall–Kier alpha value is -2.29. The minimum Gasteiger partial charge on any atom is -0.407 e. The Morgan fingerprint density at radius 3 is 2.14 bits per heavy atom. The molecule has 0 bridgehead atoms. The van der Waals surface area contributed by atoms with Crippen LogP contribution in [0.4, 0.5) is 4.39 Å². The fourth-order valence-corrected chi connectivity index (χ4v) is 9.83. The summed E-state index contributed by atoms with van der Waals surface area (Å²) in [4.78, 5) is 4.33. The van der Waals surface area contributed by atoms with E-state index in [0.29, 0.717) is 18.7 Å². The van der Waals surface area contributed by atoms with Gasteiger partial charge in [-0.3, -0.25) is 0 Å². The second-order valence-electron chi connectivity index (χ2n) is 9.86. The highest BCUT2D eigenvalue weighted by molar-refractivity contribution is 14.1. The van der Waals surface area contributed by atoms with Gasteiger partial charge < -0.3 is 8.99 Å². The number of halogens is 2. The van der Waals surface area contributed by atoms with E-state index in [0.717, 1.165) is 22.1 Å². The molecule has 0 saturated heterocycles. The van der Waals surface area contributed by atoms with E-state index in [2.05, 4.69) is 109 Å². The molecule has 3 aromatic carbocycles. The van der Waals surface area contributed by atoms with Gasteiger partial charge in [-0.05, 0) is 63.0 Å². The van der Waals surface area contributed by atoms with E-state index < -0.39 is 8.32 Å². The number of hydrogen-bond acceptors (Lipinski definition) is 2. The highest BCUT2D eigenvalue weighted by Crippen LogP contribution is 2.36. The van der Waals surface area contributed by atoms with E-state index >= 15 is 0 Å². The number of rotatable bonds is 9. The first-order chi connectivity index (χ1) is 16.8. The normalized spacial score (nSPS) is 12.1. The molecule has 182 valence electrons. The van der Waals surface area contributed by atoms with Gasteiger partial charge in [0.1, 0.15) is 5.82 Å². The quantitative estimate of drug-likeness (QED) is 0.131. The molecule has 0 saturated carbocycles. The molecule has 3 nitrogen and oxygen atoms in total. The fourth-order valence-electron chi connectivity index (χ4n) is 4.77. The molecule has 0 aliphatic carbocycles. The minimum absolute atomic E-state index is 0.0418. The van der Waals surface area contributed by atoms with Gasteiger partial charge >= 0.3 is 0 Å². The molecule has 4 rings (SSSR count). The summed E-state index contributed by atoms with van der Waals surface area (Å²) < 4.78 is 24.3. The number of nitrogens with zero attached hydrogens (tertiary/aromatic N) is 2. The molecule has 0 spiro atoms. The van der Waals surface area contributed by atoms with Gasteiger partial charge in [0.05, 0.1) is 12.9 Å². The summed E-state index contributed by atoms with van der Waals surface area (Å²) in [6.45, 7) is 8.02. The SMILES string of the molecule is CC(C)(C)[Si](OCCCc1cncn1Cc1ccc(I)cc1F)(c1ccccc1)c1ccccc1. The van der Waals surface area contributed by atoms with E-state index in [1.165, 1.54) is 10.4 Å². The summed E-state index contributed by atoms with van der Waals surface area (Å²) in [7, 11) is -2.53. The van der Waals surface area contributed by atoms with E-state index in [1.807, 2.05) is 22.9 Å². The zero-order valence-corrected chi connectivity index (χ0v) is 23.7. The Balaban J connectivity index is 1.51. The van der Waals surface area contributed by atoms with Crippen LogP contribution in [0.25, 0.3) is 0 Å². The topological polar surface area (TPSA) is 27.1 Å². The summed E-state index contributed by atoms with van der Waals surface area (Å²) in [5.74, 6) is -0.174. The number of imidazole rings is 1. The van der Waals surface area contributed by atoms with Crippen LogP contribution in [0.5, 0.6) is 0 Å². The molecule has 0 radical (unpaired) electrons. The van der Waals surface area contributed by atoms with E-state index in [9.17, 15) is 4.39 Å². The van der Waals surface area contributed by atoms with Crippen molar-refractivity contribution >= 4 is 41.3 Å². The first kappa shape index (κ1) is 25.8. The zero-order chi connectivity index (χ0) is 24.9. The van der Waals surface area contributed by atoms with Crippen molar-refractivity contribution in [2.45, 2.75) is 45.2 Å². The predicted octanol–water partition coefficient (Wildman–Crippen LogP) is 6.18. The van der Waals surface area contributed by atoms with Crippen molar-refractivity contribution in [2.24, 2.45) is 0 Å². The Morgan fingerprint density at radius 1 is 0.943 bits per heavy atom. The highest BCUT2D eigenvalue weighted by atomic mass is 127. The number of aryl methyl sites for hydroxylation is 1. The molecule has 0 aliphatic heterocycles. The lowest BCUT2D eigenvalue weighted by atomic mass is 10.2. The van der Waals surface area contributed by atoms with Crippen molar-refractivity contribution in [2.75, 3.05) is 6.61 Å². The third-order valence-corrected chi connectivity index (χ3v) is 12.2. The van der Waals surface area contributed by atoms with Gasteiger partial charge in [-0.15, -0.1) is 0 Å². The summed E-state index contributed by atoms with van der Waals surface area (Å²) in [6, 6.07) is 26.8. The van der Waals surface area contributed by atoms with Crippen molar-refractivity contribution in [3.8, 4) is 0 Å². The van der Waals surface area contributed by atoms with Crippen molar-refractivity contribution in [1.82, 2.24) is 9.55 Å². The van der Waals surface area contributed by atoms with Crippen molar-refractivity contribution < 1.29 is 8.82 Å². The average molecular weight is 599 g/mol. The lowest BCUT2D eigenvalue weighted by Crippen LogP contribution is -2.66. The van der Waals surface area contributed by atoms with Crippen molar-refractivity contribution in [1.29, 1.82) is 0 Å². The molecule has 0 fully saturated rings. The molecule has 6 heteroatoms. The predicted molar refractivity (Wildman–Crippen MR) is 152 cm³/mol. The Bertz CT molecular complexity index is 1200. The standard InChI is InChI=1S/C29H32FIN2OSi/c1-29(2,3)35(26-12-6-4-7-13-26,27-14-8-5-9-15-27)34-18-10-11-25-20-32-22-33(25)21-23-16-17-24(31)19-28(23)30/h4-9,12-17,19-20,22H,10-11,18,21H2,1-3H3. The summed E-state index contributed by atoms with van der Waals surface area (Å²) in [5.41, 5.74) is 1.77. The Labute approximate surface area is 222 Å². The van der Waals surface area contributed by atoms with Crippen LogP contribution >= 0.6 is 22.6 Å². The molecule has 0 amide bonds. The van der Waals surface area contributed by atoms with E-state index in [1.54, 1.807) is 12.4 Å². The average Bonchev–Trinajstić information content (AvgIpc) is 3.28. The molecular formula is C29H32FIN2OSi. The van der Waals surface area contributed by atoms with Crippen LogP contribution in [0.15, 0.2) is 91.4 Å². The number of benzene rings is 3. The van der Waals surface area contributed by atoms with Gasteiger partial charge in [-0.2, -0.15) is 0 Å². The summed E-state index contributed by atoms with van der Waals surface area (Å²) in [6.07, 6.45) is 5.36. The van der Waals surface area contributed by atoms with E-state index in [-0.39, 0.29) is 10.9 Å². The van der Waals surface area contributed by atoms with Crippen molar-refractivity contribution in [3.05, 3.63) is 112 Å². The third kappa shape index (κ3) is 5.76. The zero-order valence-electron chi connectivity index (χ0n) is 20.5. The van der Waals surface area contributed by atoms with Crippen LogP contribution in [0.2, 0.25) is 5.04 Å². The molecule has 0 aliphatic rings. The van der Waals surface area contributed by atoms with Crippen LogP contribution in [0, 0.1) is 9.39 Å². The Morgan fingerprint density at radius 2 is 1.57 bits per heavy atom. The largest absolute Gasteiger partial charge is 0.407 e. The smallest absolute Gasteiger partial charge is 0.261 e. The van der Waals surface area contributed by atoms with Gasteiger partial charge in [-0.1, -0.05) is 87.5 Å². The maximum Gasteiger partial charge on any atom is 0.261 e. The monoisotopic (exact) mass is 598 g/mol. The fraction of sp³-hybridized carbons (Fsp3) is 0.276. The second kappa shape index (κ2) is 11.2. The first-order valence-electron chi connectivity index (χ1n) is 12.0. The summed E-state index contributed by atoms with van der Waals surface area (Å²) >= 11 is 2.13. The van der Waals surface area contributed by atoms with Gasteiger partial charge in [-0.25, -0.2) is 9.37 Å². The molecule has 0 N–H and O–H groups in total. The van der Waals surface area contributed by atoms with Crippen molar-refractivity contribution in [3.63, 3.8) is 0 Å². The van der Waals surface area contributed by atoms with Gasteiger partial charge in [0, 0.05) is 27.6 Å². The van der Waals surface area contributed by atoms with E-state index in [4.69, 9.17) is 4.43 Å². The lowest BCUT2D eigenvalue weighted by molar-refractivity contribution is 0.291. The minimum atomic E-state index is -2.53. The number of hydrogen-bond donors (Lipinski definition) is 0. The Kier molecular flexibility index (Phi) is 8.24. The third-order valence-electron chi connectivity index (χ3n) is 6.47. The molecule has 35 heavy (non-hydrogen) atoms. The maximum atomic E-state index is 14.4. The summed E-state index contributed by atoms with van der Waals surface area (Å²) in [5, 5.41) is 2.54. The van der Waals surface area contributed by atoms with Gasteiger partial charge in [0.25, 0.3) is 8.32 Å². The number of aromatic nitrogens is 2. The molecule has 1 heterocycles. The molecule has 1 aromatic heterocycles. The maximum absolute atomic E-state index is 14.4. The first-order valence-corrected chi connectivity index (χ1v) is 15.0. The van der Waals surface area contributed by atoms with Crippen LogP contribution < -0.4 is 10.4 Å². The molecular weight excluding hydrogens is 566 g/mol. The molecule has 4 aromatic rings. The van der Waals surface area contributed by atoms with Crippen LogP contribution in [-0.2, 0) is 17.4 Å². The highest BCUT2D eigenvalue weighted by Gasteiger charge is 2.49. The van der Waals surface area contributed by atoms with Crippen LogP contribution in [-0.4, -0.2) is 24.5 Å².